The number of nitrogens with one attached hydrogen (secondary N) is 1. The van der Waals surface area contributed by atoms with Gasteiger partial charge >= 0.3 is 0 Å². The minimum atomic E-state index is -0.145. The van der Waals surface area contributed by atoms with Crippen molar-refractivity contribution in [1.82, 2.24) is 19.4 Å². The molecule has 49 heavy (non-hydrogen) atoms. The Morgan fingerprint density at radius 1 is 0.959 bits per heavy atom. The fraction of sp³-hybridized carbons (Fsp3) is 0.487. The first-order chi connectivity index (χ1) is 23.9. The van der Waals surface area contributed by atoms with Gasteiger partial charge in [-0.05, 0) is 93.6 Å². The van der Waals surface area contributed by atoms with Gasteiger partial charge in [0.25, 0.3) is 5.91 Å². The molecule has 0 aliphatic carbocycles. The van der Waals surface area contributed by atoms with Crippen molar-refractivity contribution in [2.24, 2.45) is 0 Å². The Bertz CT molecular complexity index is 1720. The highest BCUT2D eigenvalue weighted by atomic mass is 16.5. The quantitative estimate of drug-likeness (QED) is 0.160. The number of anilines is 1. The van der Waals surface area contributed by atoms with Crippen LogP contribution in [0.5, 0.6) is 17.2 Å². The summed E-state index contributed by atoms with van der Waals surface area (Å²) in [6.45, 7) is 10.5. The molecular formula is C39H51N5O5. The molecule has 4 aromatic rings. The normalized spacial score (nSPS) is 18.6. The van der Waals surface area contributed by atoms with E-state index in [4.69, 9.17) is 23.9 Å². The Kier molecular flexibility index (Phi) is 10.9. The van der Waals surface area contributed by atoms with Gasteiger partial charge in [0.05, 0.1) is 39.0 Å². The number of piperidine rings is 1. The highest BCUT2D eigenvalue weighted by Gasteiger charge is 2.42. The van der Waals surface area contributed by atoms with Crippen molar-refractivity contribution >= 4 is 22.9 Å². The summed E-state index contributed by atoms with van der Waals surface area (Å²) in [6, 6.07) is 20.8. The number of hydrogen-bond donors (Lipinski definition) is 1. The van der Waals surface area contributed by atoms with Crippen LogP contribution in [0.3, 0.4) is 0 Å². The van der Waals surface area contributed by atoms with Crippen LogP contribution in [0.4, 0.5) is 5.95 Å². The van der Waals surface area contributed by atoms with Crippen LogP contribution < -0.4 is 19.5 Å². The molecule has 3 aromatic carbocycles. The van der Waals surface area contributed by atoms with Gasteiger partial charge in [-0.3, -0.25) is 4.79 Å². The van der Waals surface area contributed by atoms with Crippen molar-refractivity contribution in [3.05, 3.63) is 77.4 Å². The van der Waals surface area contributed by atoms with E-state index >= 15 is 0 Å². The number of likely N-dealkylation sites (tertiary alicyclic amines) is 2. The van der Waals surface area contributed by atoms with Gasteiger partial charge in [0.1, 0.15) is 5.75 Å². The minimum Gasteiger partial charge on any atom is -0.497 e. The molecule has 1 atom stereocenters. The summed E-state index contributed by atoms with van der Waals surface area (Å²) in [7, 11) is 4.92. The molecule has 2 fully saturated rings. The highest BCUT2D eigenvalue weighted by molar-refractivity contribution is 5.95. The Morgan fingerprint density at radius 2 is 1.73 bits per heavy atom. The zero-order valence-electron chi connectivity index (χ0n) is 29.7. The van der Waals surface area contributed by atoms with Gasteiger partial charge in [0.15, 0.2) is 11.5 Å². The van der Waals surface area contributed by atoms with Gasteiger partial charge < -0.3 is 38.6 Å². The van der Waals surface area contributed by atoms with Crippen molar-refractivity contribution in [2.75, 3.05) is 72.6 Å². The van der Waals surface area contributed by atoms with Crippen LogP contribution in [0, 0.1) is 6.92 Å². The molecule has 0 radical (unpaired) electrons. The number of nitrogens with zero attached hydrogens (tertiary/aromatic N) is 4. The second-order valence-corrected chi connectivity index (χ2v) is 13.3. The van der Waals surface area contributed by atoms with Crippen LogP contribution in [-0.2, 0) is 16.7 Å². The maximum atomic E-state index is 13.9. The van der Waals surface area contributed by atoms with Crippen LogP contribution in [-0.4, -0.2) is 98.6 Å². The number of imidazole rings is 1. The minimum absolute atomic E-state index is 0.0265. The van der Waals surface area contributed by atoms with E-state index in [9.17, 15) is 4.79 Å². The molecule has 10 nitrogen and oxygen atoms in total. The molecule has 0 saturated carbocycles. The fourth-order valence-corrected chi connectivity index (χ4v) is 7.60. The van der Waals surface area contributed by atoms with Gasteiger partial charge in [0, 0.05) is 56.4 Å². The second kappa shape index (κ2) is 15.5. The molecule has 1 amide bonds. The number of benzene rings is 3. The Hall–Kier alpha value is -4.28. The Labute approximate surface area is 290 Å². The van der Waals surface area contributed by atoms with Crippen molar-refractivity contribution < 1.29 is 23.7 Å². The summed E-state index contributed by atoms with van der Waals surface area (Å²) >= 11 is 0. The lowest BCUT2D eigenvalue weighted by atomic mass is 9.76. The van der Waals surface area contributed by atoms with E-state index in [2.05, 4.69) is 45.1 Å². The molecule has 2 saturated heterocycles. The van der Waals surface area contributed by atoms with E-state index in [1.807, 2.05) is 43.0 Å². The molecule has 0 spiro atoms. The topological polar surface area (TPSA) is 90.3 Å². The number of rotatable bonds is 14. The highest BCUT2D eigenvalue weighted by Crippen LogP contribution is 2.40. The van der Waals surface area contributed by atoms with Crippen LogP contribution in [0.2, 0.25) is 0 Å². The lowest BCUT2D eigenvalue weighted by Crippen LogP contribution is -2.42. The molecule has 1 N–H and O–H groups in total. The van der Waals surface area contributed by atoms with E-state index in [0.717, 1.165) is 80.2 Å². The Morgan fingerprint density at radius 3 is 2.45 bits per heavy atom. The average Bonchev–Trinajstić information content (AvgIpc) is 3.73. The number of methoxy groups -OCH3 is 3. The average molecular weight is 670 g/mol. The number of aryl methyl sites for hydroxylation is 1. The third-order valence-electron chi connectivity index (χ3n) is 10.4. The number of ether oxygens (including phenoxy) is 4. The predicted molar refractivity (Wildman–Crippen MR) is 193 cm³/mol. The molecule has 6 rings (SSSR count). The SMILES string of the molecule is CCOCCn1c(NC2CCN(CCC3(c4ccc(OC)cc4)CCN(C(=O)c4cc(C)c(OC)c(OC)c4)C3)CC2)nc2ccccc21. The van der Waals surface area contributed by atoms with E-state index in [0.29, 0.717) is 49.4 Å². The maximum absolute atomic E-state index is 13.9. The molecule has 0 bridgehead atoms. The first-order valence-corrected chi connectivity index (χ1v) is 17.6. The number of aromatic nitrogens is 2. The van der Waals surface area contributed by atoms with E-state index in [-0.39, 0.29) is 11.3 Å². The third kappa shape index (κ3) is 7.50. The van der Waals surface area contributed by atoms with Gasteiger partial charge in [-0.25, -0.2) is 4.98 Å². The second-order valence-electron chi connectivity index (χ2n) is 13.3. The zero-order chi connectivity index (χ0) is 34.4. The molecular weight excluding hydrogens is 618 g/mol. The summed E-state index contributed by atoms with van der Waals surface area (Å²) < 4.78 is 24.5. The van der Waals surface area contributed by atoms with E-state index in [1.54, 1.807) is 27.4 Å². The van der Waals surface area contributed by atoms with E-state index < -0.39 is 0 Å². The zero-order valence-corrected chi connectivity index (χ0v) is 29.7. The van der Waals surface area contributed by atoms with Crippen molar-refractivity contribution in [3.63, 3.8) is 0 Å². The summed E-state index contributed by atoms with van der Waals surface area (Å²) in [4.78, 5) is 23.5. The van der Waals surface area contributed by atoms with E-state index in [1.165, 1.54) is 5.56 Å². The van der Waals surface area contributed by atoms with Crippen LogP contribution in [0.15, 0.2) is 60.7 Å². The first kappa shape index (κ1) is 34.6. The number of hydrogen-bond acceptors (Lipinski definition) is 8. The first-order valence-electron chi connectivity index (χ1n) is 17.6. The Balaban J connectivity index is 1.12. The molecule has 3 heterocycles. The molecule has 10 heteroatoms. The summed E-state index contributed by atoms with van der Waals surface area (Å²) in [6.07, 6.45) is 3.98. The fourth-order valence-electron chi connectivity index (χ4n) is 7.60. The third-order valence-corrected chi connectivity index (χ3v) is 10.4. The smallest absolute Gasteiger partial charge is 0.254 e. The molecule has 1 unspecified atom stereocenters. The molecule has 2 aliphatic heterocycles. The number of carbonyl (C=O) groups is 1. The number of carbonyl (C=O) groups excluding carboxylic acids is 1. The standard InChI is InChI=1S/C39H51N5O5/c1-6-49-24-23-44-34-10-8-7-9-33(34)41-38(44)40-31-15-19-42(20-16-31)21-17-39(30-11-13-32(46-3)14-12-30)18-22-43(27-39)37(45)29-25-28(2)36(48-5)35(26-29)47-4/h7-14,25-26,31H,6,15-24,27H2,1-5H3,(H,40,41). The van der Waals surface area contributed by atoms with Crippen molar-refractivity contribution in [3.8, 4) is 17.2 Å². The van der Waals surface area contributed by atoms with Gasteiger partial charge in [0.2, 0.25) is 5.95 Å². The van der Waals surface area contributed by atoms with Crippen molar-refractivity contribution in [1.29, 1.82) is 0 Å². The lowest BCUT2D eigenvalue weighted by molar-refractivity contribution is 0.0779. The number of fused-ring (bicyclic) bond motifs is 1. The summed E-state index contributed by atoms with van der Waals surface area (Å²) in [5.74, 6) is 3.03. The predicted octanol–water partition coefficient (Wildman–Crippen LogP) is 6.16. The molecule has 2 aliphatic rings. The molecule has 1 aromatic heterocycles. The lowest BCUT2D eigenvalue weighted by Gasteiger charge is -2.36. The van der Waals surface area contributed by atoms with Crippen LogP contribution in [0.25, 0.3) is 11.0 Å². The summed E-state index contributed by atoms with van der Waals surface area (Å²) in [5, 5.41) is 3.78. The summed E-state index contributed by atoms with van der Waals surface area (Å²) in [5.41, 5.74) is 4.76. The number of amides is 1. The van der Waals surface area contributed by atoms with Crippen LogP contribution >= 0.6 is 0 Å². The largest absolute Gasteiger partial charge is 0.497 e. The van der Waals surface area contributed by atoms with Gasteiger partial charge in [-0.1, -0.05) is 24.3 Å². The number of para-hydroxylation sites is 2. The van der Waals surface area contributed by atoms with Gasteiger partial charge in [-0.15, -0.1) is 0 Å². The maximum Gasteiger partial charge on any atom is 0.254 e. The van der Waals surface area contributed by atoms with Crippen LogP contribution in [0.1, 0.15) is 54.1 Å². The molecule has 262 valence electrons. The monoisotopic (exact) mass is 669 g/mol. The van der Waals surface area contributed by atoms with Gasteiger partial charge in [-0.2, -0.15) is 0 Å². The van der Waals surface area contributed by atoms with Crippen molar-refractivity contribution in [2.45, 2.75) is 57.5 Å².